The van der Waals surface area contributed by atoms with Crippen molar-refractivity contribution in [3.63, 3.8) is 0 Å². The molecule has 1 aliphatic heterocycles. The lowest BCUT2D eigenvalue weighted by atomic mass is 9.73. The fourth-order valence-electron chi connectivity index (χ4n) is 4.72. The molecule has 0 atom stereocenters. The Morgan fingerprint density at radius 2 is 1.76 bits per heavy atom. The SMILES string of the molecule is COc1cc(CNC(=O)CN2C(=O)CC3(CCCCC3)C2=O)ccc1OCc1ccccc1. The van der Waals surface area contributed by atoms with Crippen molar-refractivity contribution in [2.24, 2.45) is 5.41 Å². The Hall–Kier alpha value is -3.35. The Morgan fingerprint density at radius 1 is 1.00 bits per heavy atom. The Bertz CT molecular complexity index is 1010. The highest BCUT2D eigenvalue weighted by atomic mass is 16.5. The molecule has 1 heterocycles. The molecule has 2 aromatic rings. The second-order valence-corrected chi connectivity index (χ2v) is 8.84. The van der Waals surface area contributed by atoms with Crippen LogP contribution in [0.5, 0.6) is 11.5 Å². The highest BCUT2D eigenvalue weighted by Crippen LogP contribution is 2.45. The molecule has 174 valence electrons. The van der Waals surface area contributed by atoms with E-state index in [1.165, 1.54) is 0 Å². The van der Waals surface area contributed by atoms with Gasteiger partial charge in [-0.15, -0.1) is 0 Å². The van der Waals surface area contributed by atoms with E-state index < -0.39 is 5.41 Å². The average Bonchev–Trinajstić information content (AvgIpc) is 3.06. The van der Waals surface area contributed by atoms with Crippen LogP contribution >= 0.6 is 0 Å². The van der Waals surface area contributed by atoms with Crippen molar-refractivity contribution in [3.05, 3.63) is 59.7 Å². The smallest absolute Gasteiger partial charge is 0.240 e. The third-order valence-corrected chi connectivity index (χ3v) is 6.56. The van der Waals surface area contributed by atoms with Gasteiger partial charge in [0.05, 0.1) is 12.5 Å². The first kappa shape index (κ1) is 22.8. The zero-order valence-electron chi connectivity index (χ0n) is 19.0. The van der Waals surface area contributed by atoms with Crippen molar-refractivity contribution < 1.29 is 23.9 Å². The number of nitrogens with zero attached hydrogens (tertiary/aromatic N) is 1. The Kier molecular flexibility index (Phi) is 6.96. The summed E-state index contributed by atoms with van der Waals surface area (Å²) in [5.41, 5.74) is 1.31. The molecule has 3 amide bonds. The van der Waals surface area contributed by atoms with E-state index in [4.69, 9.17) is 9.47 Å². The maximum atomic E-state index is 12.9. The lowest BCUT2D eigenvalue weighted by molar-refractivity contribution is -0.145. The predicted molar refractivity (Wildman–Crippen MR) is 122 cm³/mol. The molecule has 7 nitrogen and oxygen atoms in total. The number of hydrogen-bond donors (Lipinski definition) is 1. The molecule has 2 aromatic carbocycles. The zero-order chi connectivity index (χ0) is 23.3. The molecule has 1 saturated heterocycles. The number of amides is 3. The molecule has 0 radical (unpaired) electrons. The lowest BCUT2D eigenvalue weighted by Gasteiger charge is -2.30. The van der Waals surface area contributed by atoms with Crippen molar-refractivity contribution in [2.45, 2.75) is 51.7 Å². The number of carbonyl (C=O) groups is 3. The van der Waals surface area contributed by atoms with Gasteiger partial charge in [-0.1, -0.05) is 55.7 Å². The van der Waals surface area contributed by atoms with Gasteiger partial charge in [0.25, 0.3) is 0 Å². The number of nitrogens with one attached hydrogen (secondary N) is 1. The van der Waals surface area contributed by atoms with Crippen molar-refractivity contribution in [2.75, 3.05) is 13.7 Å². The highest BCUT2D eigenvalue weighted by molar-refractivity contribution is 6.08. The van der Waals surface area contributed by atoms with Crippen LogP contribution in [0.4, 0.5) is 0 Å². The maximum absolute atomic E-state index is 12.9. The molecule has 2 fully saturated rings. The van der Waals surface area contributed by atoms with Gasteiger partial charge in [0.15, 0.2) is 11.5 Å². The van der Waals surface area contributed by atoms with Crippen LogP contribution < -0.4 is 14.8 Å². The number of likely N-dealkylation sites (tertiary alicyclic amines) is 1. The monoisotopic (exact) mass is 450 g/mol. The number of ether oxygens (including phenoxy) is 2. The molecule has 1 spiro atoms. The summed E-state index contributed by atoms with van der Waals surface area (Å²) >= 11 is 0. The Morgan fingerprint density at radius 3 is 2.48 bits per heavy atom. The topological polar surface area (TPSA) is 84.9 Å². The van der Waals surface area contributed by atoms with Gasteiger partial charge in [0, 0.05) is 13.0 Å². The minimum Gasteiger partial charge on any atom is -0.493 e. The quantitative estimate of drug-likeness (QED) is 0.621. The normalized spacial score (nSPS) is 17.3. The summed E-state index contributed by atoms with van der Waals surface area (Å²) in [4.78, 5) is 39.0. The zero-order valence-corrected chi connectivity index (χ0v) is 19.0. The molecular weight excluding hydrogens is 420 g/mol. The van der Waals surface area contributed by atoms with Crippen LogP contribution in [0.1, 0.15) is 49.7 Å². The van der Waals surface area contributed by atoms with E-state index >= 15 is 0 Å². The van der Waals surface area contributed by atoms with Gasteiger partial charge < -0.3 is 14.8 Å². The first-order valence-corrected chi connectivity index (χ1v) is 11.5. The standard InChI is InChI=1S/C26H30N2O5/c1-32-22-14-20(10-11-21(22)33-18-19-8-4-2-5-9-19)16-27-23(29)17-28-24(30)15-26(25(28)31)12-6-3-7-13-26/h2,4-5,8-11,14H,3,6-7,12-13,15-18H2,1H3,(H,27,29). The minimum atomic E-state index is -0.571. The molecule has 33 heavy (non-hydrogen) atoms. The van der Waals surface area contributed by atoms with E-state index in [9.17, 15) is 14.4 Å². The Labute approximate surface area is 194 Å². The molecule has 0 aromatic heterocycles. The molecule has 4 rings (SSSR count). The molecule has 1 aliphatic carbocycles. The summed E-state index contributed by atoms with van der Waals surface area (Å²) in [6.07, 6.45) is 4.75. The fraction of sp³-hybridized carbons (Fsp3) is 0.423. The van der Waals surface area contributed by atoms with Gasteiger partial charge in [0.1, 0.15) is 13.2 Å². The summed E-state index contributed by atoms with van der Waals surface area (Å²) in [6, 6.07) is 15.3. The largest absolute Gasteiger partial charge is 0.493 e. The van der Waals surface area contributed by atoms with Gasteiger partial charge in [-0.2, -0.15) is 0 Å². The van der Waals surface area contributed by atoms with Gasteiger partial charge in [-0.25, -0.2) is 0 Å². The second kappa shape index (κ2) is 10.1. The lowest BCUT2D eigenvalue weighted by Crippen LogP contribution is -2.42. The van der Waals surface area contributed by atoms with E-state index in [1.807, 2.05) is 48.5 Å². The fourth-order valence-corrected chi connectivity index (χ4v) is 4.72. The summed E-state index contributed by atoms with van der Waals surface area (Å²) in [6.45, 7) is 0.455. The number of hydrogen-bond acceptors (Lipinski definition) is 5. The van der Waals surface area contributed by atoms with Crippen LogP contribution in [0.3, 0.4) is 0 Å². The van der Waals surface area contributed by atoms with E-state index in [-0.39, 0.29) is 37.2 Å². The molecule has 1 saturated carbocycles. The molecule has 2 aliphatic rings. The van der Waals surface area contributed by atoms with Gasteiger partial charge in [0.2, 0.25) is 17.7 Å². The molecule has 7 heteroatoms. The minimum absolute atomic E-state index is 0.177. The summed E-state index contributed by atoms with van der Waals surface area (Å²) in [5.74, 6) is 0.416. The van der Waals surface area contributed by atoms with Crippen LogP contribution in [0.2, 0.25) is 0 Å². The molecular formula is C26H30N2O5. The van der Waals surface area contributed by atoms with Crippen LogP contribution in [-0.2, 0) is 27.5 Å². The van der Waals surface area contributed by atoms with Gasteiger partial charge >= 0.3 is 0 Å². The number of imide groups is 1. The first-order chi connectivity index (χ1) is 16.0. The molecule has 0 unspecified atom stereocenters. The van der Waals surface area contributed by atoms with Crippen molar-refractivity contribution >= 4 is 17.7 Å². The number of benzene rings is 2. The van der Waals surface area contributed by atoms with E-state index in [1.54, 1.807) is 7.11 Å². The van der Waals surface area contributed by atoms with Crippen LogP contribution in [0.15, 0.2) is 48.5 Å². The molecule has 0 bridgehead atoms. The third-order valence-electron chi connectivity index (χ3n) is 6.56. The van der Waals surface area contributed by atoms with Crippen LogP contribution in [0, 0.1) is 5.41 Å². The van der Waals surface area contributed by atoms with Gasteiger partial charge in [-0.3, -0.25) is 19.3 Å². The van der Waals surface area contributed by atoms with Gasteiger partial charge in [-0.05, 0) is 36.1 Å². The predicted octanol–water partition coefficient (Wildman–Crippen LogP) is 3.60. The van der Waals surface area contributed by atoms with E-state index in [0.717, 1.165) is 48.1 Å². The van der Waals surface area contributed by atoms with E-state index in [2.05, 4.69) is 5.32 Å². The third kappa shape index (κ3) is 5.18. The molecule has 1 N–H and O–H groups in total. The first-order valence-electron chi connectivity index (χ1n) is 11.5. The van der Waals surface area contributed by atoms with Crippen molar-refractivity contribution in [1.82, 2.24) is 10.2 Å². The van der Waals surface area contributed by atoms with Crippen molar-refractivity contribution in [3.8, 4) is 11.5 Å². The average molecular weight is 451 g/mol. The van der Waals surface area contributed by atoms with Crippen LogP contribution in [-0.4, -0.2) is 36.3 Å². The number of methoxy groups -OCH3 is 1. The number of carbonyl (C=O) groups excluding carboxylic acids is 3. The summed E-state index contributed by atoms with van der Waals surface area (Å²) in [5, 5.41) is 2.81. The highest BCUT2D eigenvalue weighted by Gasteiger charge is 2.51. The Balaban J connectivity index is 1.31. The summed E-state index contributed by atoms with van der Waals surface area (Å²) < 4.78 is 11.3. The van der Waals surface area contributed by atoms with Crippen LogP contribution in [0.25, 0.3) is 0 Å². The second-order valence-electron chi connectivity index (χ2n) is 8.84. The number of rotatable bonds is 8. The van der Waals surface area contributed by atoms with E-state index in [0.29, 0.717) is 18.1 Å². The maximum Gasteiger partial charge on any atom is 0.240 e. The summed E-state index contributed by atoms with van der Waals surface area (Å²) in [7, 11) is 1.57. The van der Waals surface area contributed by atoms with Crippen molar-refractivity contribution in [1.29, 1.82) is 0 Å².